The summed E-state index contributed by atoms with van der Waals surface area (Å²) in [5.41, 5.74) is 11.3. The summed E-state index contributed by atoms with van der Waals surface area (Å²) in [6.45, 7) is 0. The highest BCUT2D eigenvalue weighted by atomic mass is 32.1. The van der Waals surface area contributed by atoms with Crippen LogP contribution in [0.2, 0.25) is 0 Å². The monoisotopic (exact) mass is 733 g/mol. The zero-order valence-electron chi connectivity index (χ0n) is 30.1. The Kier molecular flexibility index (Phi) is 7.64. The Morgan fingerprint density at radius 2 is 0.857 bits per heavy atom. The topological polar surface area (TPSA) is 51.8 Å². The average molecular weight is 734 g/mol. The van der Waals surface area contributed by atoms with Crippen LogP contribution in [0.4, 0.5) is 0 Å². The van der Waals surface area contributed by atoms with E-state index in [0.29, 0.717) is 17.5 Å². The van der Waals surface area contributed by atoms with E-state index in [9.17, 15) is 0 Å². The molecule has 8 aromatic carbocycles. The van der Waals surface area contributed by atoms with Crippen LogP contribution in [0.3, 0.4) is 0 Å². The number of thiophene rings is 1. The first-order valence-corrected chi connectivity index (χ1v) is 19.5. The smallest absolute Gasteiger partial charge is 0.164 e. The molecule has 0 aliphatic heterocycles. The molecule has 0 atom stereocenters. The summed E-state index contributed by atoms with van der Waals surface area (Å²) in [4.78, 5) is 15.0. The van der Waals surface area contributed by atoms with Gasteiger partial charge in [-0.1, -0.05) is 140 Å². The van der Waals surface area contributed by atoms with Gasteiger partial charge in [-0.15, -0.1) is 11.3 Å². The third kappa shape index (κ3) is 5.65. The van der Waals surface area contributed by atoms with Crippen LogP contribution in [-0.2, 0) is 0 Å². The van der Waals surface area contributed by atoms with Crippen LogP contribution in [0.5, 0.6) is 0 Å². The SMILES string of the molecule is c1ccc(-c2cccc(-c3nc(-c4ccccc4)nc(-c4ccc5c(c4)oc4ccc(-c6ccccc6-c6ccc7sc8ccccc8c7c6)cc45)n3)c2)cc1. The second-order valence-electron chi connectivity index (χ2n) is 14.0. The molecule has 11 rings (SSSR count). The molecule has 0 saturated carbocycles. The number of rotatable bonds is 6. The minimum atomic E-state index is 0.589. The summed E-state index contributed by atoms with van der Waals surface area (Å²) in [6, 6.07) is 65.8. The number of aromatic nitrogens is 3. The molecule has 0 radical (unpaired) electrons. The number of hydrogen-bond acceptors (Lipinski definition) is 5. The van der Waals surface area contributed by atoms with Crippen molar-refractivity contribution in [2.24, 2.45) is 0 Å². The highest BCUT2D eigenvalue weighted by molar-refractivity contribution is 7.25. The summed E-state index contributed by atoms with van der Waals surface area (Å²) in [5, 5.41) is 4.71. The fourth-order valence-corrected chi connectivity index (χ4v) is 8.87. The predicted molar refractivity (Wildman–Crippen MR) is 233 cm³/mol. The molecule has 0 aliphatic rings. The van der Waals surface area contributed by atoms with Gasteiger partial charge in [0.05, 0.1) is 0 Å². The van der Waals surface area contributed by atoms with Gasteiger partial charge in [-0.25, -0.2) is 15.0 Å². The first-order chi connectivity index (χ1) is 27.7. The molecule has 0 N–H and O–H groups in total. The molecule has 0 amide bonds. The lowest BCUT2D eigenvalue weighted by Crippen LogP contribution is -2.00. The van der Waals surface area contributed by atoms with Crippen molar-refractivity contribution in [3.63, 3.8) is 0 Å². The molecular weight excluding hydrogens is 703 g/mol. The van der Waals surface area contributed by atoms with Crippen molar-refractivity contribution in [1.29, 1.82) is 0 Å². The summed E-state index contributed by atoms with van der Waals surface area (Å²) in [5.74, 6) is 1.83. The van der Waals surface area contributed by atoms with Gasteiger partial charge in [0.25, 0.3) is 0 Å². The second-order valence-corrected chi connectivity index (χ2v) is 15.1. The van der Waals surface area contributed by atoms with Crippen molar-refractivity contribution in [1.82, 2.24) is 15.0 Å². The van der Waals surface area contributed by atoms with Gasteiger partial charge >= 0.3 is 0 Å². The van der Waals surface area contributed by atoms with Gasteiger partial charge in [0.2, 0.25) is 0 Å². The van der Waals surface area contributed by atoms with Crippen molar-refractivity contribution >= 4 is 53.4 Å². The lowest BCUT2D eigenvalue weighted by molar-refractivity contribution is 0.669. The molecule has 4 nitrogen and oxygen atoms in total. The fraction of sp³-hybridized carbons (Fsp3) is 0. The van der Waals surface area contributed by atoms with Crippen LogP contribution in [0.25, 0.3) is 110 Å². The highest BCUT2D eigenvalue weighted by Crippen LogP contribution is 2.41. The number of hydrogen-bond donors (Lipinski definition) is 0. The number of nitrogens with zero attached hydrogens (tertiary/aromatic N) is 3. The molecule has 0 unspecified atom stereocenters. The van der Waals surface area contributed by atoms with E-state index in [-0.39, 0.29) is 0 Å². The normalized spacial score (nSPS) is 11.6. The van der Waals surface area contributed by atoms with Crippen molar-refractivity contribution in [2.75, 3.05) is 0 Å². The third-order valence-electron chi connectivity index (χ3n) is 10.6. The standard InChI is InChI=1S/C51H31N3OS/c1-3-12-32(13-4-1)34-16-11-17-37(28-34)50-52-49(33-14-5-2-6-15-33)53-51(54-50)38-22-25-41-43-29-35(23-26-45(43)55-46(41)31-38)39-18-7-8-19-40(39)36-24-27-48-44(30-36)42-20-9-10-21-47(42)56-48/h1-31H. The minimum absolute atomic E-state index is 0.589. The quantitative estimate of drug-likeness (QED) is 0.171. The van der Waals surface area contributed by atoms with E-state index in [2.05, 4.69) is 152 Å². The molecule has 3 aromatic heterocycles. The van der Waals surface area contributed by atoms with Crippen molar-refractivity contribution < 1.29 is 4.42 Å². The largest absolute Gasteiger partial charge is 0.456 e. The number of fused-ring (bicyclic) bond motifs is 6. The molecule has 262 valence electrons. The number of furan rings is 1. The van der Waals surface area contributed by atoms with E-state index in [1.807, 2.05) is 47.7 Å². The molecule has 0 aliphatic carbocycles. The second kappa shape index (κ2) is 13.3. The summed E-state index contributed by atoms with van der Waals surface area (Å²) in [6.07, 6.45) is 0. The Bertz CT molecular complexity index is 3260. The maximum Gasteiger partial charge on any atom is 0.164 e. The minimum Gasteiger partial charge on any atom is -0.456 e. The van der Waals surface area contributed by atoms with Gasteiger partial charge < -0.3 is 4.42 Å². The Hall–Kier alpha value is -7.21. The van der Waals surface area contributed by atoms with Crippen LogP contribution in [0, 0.1) is 0 Å². The van der Waals surface area contributed by atoms with Gasteiger partial charge in [-0.3, -0.25) is 0 Å². The van der Waals surface area contributed by atoms with Crippen molar-refractivity contribution in [2.45, 2.75) is 0 Å². The van der Waals surface area contributed by atoms with Crippen LogP contribution < -0.4 is 0 Å². The van der Waals surface area contributed by atoms with Crippen LogP contribution in [0.15, 0.2) is 192 Å². The predicted octanol–water partition coefficient (Wildman–Crippen LogP) is 14.1. The third-order valence-corrected chi connectivity index (χ3v) is 11.7. The zero-order valence-corrected chi connectivity index (χ0v) is 30.9. The van der Waals surface area contributed by atoms with Gasteiger partial charge in [-0.2, -0.15) is 0 Å². The molecule has 0 fully saturated rings. The Labute approximate surface area is 327 Å². The van der Waals surface area contributed by atoms with Crippen molar-refractivity contribution in [3.8, 4) is 67.5 Å². The Balaban J connectivity index is 0.999. The molecular formula is C51H31N3OS. The summed E-state index contributed by atoms with van der Waals surface area (Å²) < 4.78 is 9.15. The van der Waals surface area contributed by atoms with E-state index < -0.39 is 0 Å². The molecule has 0 saturated heterocycles. The van der Waals surface area contributed by atoms with Gasteiger partial charge in [0.15, 0.2) is 17.5 Å². The molecule has 3 heterocycles. The maximum atomic E-state index is 6.53. The highest BCUT2D eigenvalue weighted by Gasteiger charge is 2.17. The van der Waals surface area contributed by atoms with E-state index >= 15 is 0 Å². The fourth-order valence-electron chi connectivity index (χ4n) is 7.78. The van der Waals surface area contributed by atoms with Gasteiger partial charge in [0.1, 0.15) is 11.2 Å². The molecule has 11 aromatic rings. The van der Waals surface area contributed by atoms with Crippen LogP contribution in [0.1, 0.15) is 0 Å². The molecule has 0 spiro atoms. The molecule has 5 heteroatoms. The van der Waals surface area contributed by atoms with Crippen LogP contribution in [-0.4, -0.2) is 15.0 Å². The summed E-state index contributed by atoms with van der Waals surface area (Å²) in [7, 11) is 0. The first kappa shape index (κ1) is 32.2. The molecule has 0 bridgehead atoms. The maximum absolute atomic E-state index is 6.53. The van der Waals surface area contributed by atoms with E-state index in [4.69, 9.17) is 19.4 Å². The number of benzene rings is 8. The lowest BCUT2D eigenvalue weighted by Gasteiger charge is -2.11. The van der Waals surface area contributed by atoms with Crippen LogP contribution >= 0.6 is 11.3 Å². The zero-order chi connectivity index (χ0) is 37.0. The first-order valence-electron chi connectivity index (χ1n) is 18.7. The molecule has 56 heavy (non-hydrogen) atoms. The Morgan fingerprint density at radius 3 is 1.62 bits per heavy atom. The average Bonchev–Trinajstić information content (AvgIpc) is 3.84. The van der Waals surface area contributed by atoms with E-state index in [0.717, 1.165) is 55.3 Å². The van der Waals surface area contributed by atoms with Gasteiger partial charge in [0, 0.05) is 47.6 Å². The lowest BCUT2D eigenvalue weighted by atomic mass is 9.93. The van der Waals surface area contributed by atoms with E-state index in [1.54, 1.807) is 0 Å². The van der Waals surface area contributed by atoms with E-state index in [1.165, 1.54) is 36.9 Å². The Morgan fingerprint density at radius 1 is 0.304 bits per heavy atom. The summed E-state index contributed by atoms with van der Waals surface area (Å²) >= 11 is 1.85. The van der Waals surface area contributed by atoms with Crippen molar-refractivity contribution in [3.05, 3.63) is 188 Å². The van der Waals surface area contributed by atoms with Gasteiger partial charge in [-0.05, 0) is 81.9 Å².